The van der Waals surface area contributed by atoms with Crippen molar-refractivity contribution in [1.82, 2.24) is 0 Å². The number of nitrogens with zero attached hydrogens (tertiary/aromatic N) is 1. The Hall–Kier alpha value is -2.49. The zero-order valence-electron chi connectivity index (χ0n) is 18.1. The van der Waals surface area contributed by atoms with Gasteiger partial charge in [-0.25, -0.2) is 4.79 Å². The lowest BCUT2D eigenvalue weighted by Crippen LogP contribution is -2.22. The van der Waals surface area contributed by atoms with E-state index in [0.29, 0.717) is 5.92 Å². The first-order valence-electron chi connectivity index (χ1n) is 10.3. The van der Waals surface area contributed by atoms with Crippen LogP contribution in [0.3, 0.4) is 0 Å². The molecule has 1 N–H and O–H groups in total. The Labute approximate surface area is 169 Å². The first-order valence-corrected chi connectivity index (χ1v) is 10.3. The molecule has 28 heavy (non-hydrogen) atoms. The van der Waals surface area contributed by atoms with E-state index < -0.39 is 6.09 Å². The molecule has 0 saturated carbocycles. The maximum Gasteiger partial charge on any atom is 0.412 e. The van der Waals surface area contributed by atoms with Crippen LogP contribution in [0.1, 0.15) is 69.8 Å². The van der Waals surface area contributed by atoms with Gasteiger partial charge in [-0.3, -0.25) is 5.32 Å². The number of aryl methyl sites for hydroxylation is 1. The van der Waals surface area contributed by atoms with Crippen LogP contribution < -0.4 is 10.2 Å². The Morgan fingerprint density at radius 2 is 1.61 bits per heavy atom. The highest BCUT2D eigenvalue weighted by Gasteiger charge is 2.14. The standard InChI is InChI=1S/C24H34N2O2/c1-7-17(4)20-10-12-21(13-11-20)19(6)28-24(27)25-23-15-14-22(16-18(23)5)26(8-2)9-3/h10-17,19H,7-9H2,1-6H3,(H,25,27). The summed E-state index contributed by atoms with van der Waals surface area (Å²) in [6.45, 7) is 14.5. The van der Waals surface area contributed by atoms with Crippen LogP contribution in [0.5, 0.6) is 0 Å². The molecule has 0 radical (unpaired) electrons. The molecule has 4 heteroatoms. The highest BCUT2D eigenvalue weighted by atomic mass is 16.6. The summed E-state index contributed by atoms with van der Waals surface area (Å²) in [5, 5.41) is 2.87. The topological polar surface area (TPSA) is 41.6 Å². The molecule has 0 heterocycles. The lowest BCUT2D eigenvalue weighted by atomic mass is 9.97. The zero-order chi connectivity index (χ0) is 20.7. The molecule has 0 saturated heterocycles. The summed E-state index contributed by atoms with van der Waals surface area (Å²) in [6, 6.07) is 14.4. The fraction of sp³-hybridized carbons (Fsp3) is 0.458. The van der Waals surface area contributed by atoms with E-state index in [1.165, 1.54) is 5.56 Å². The van der Waals surface area contributed by atoms with E-state index in [0.717, 1.165) is 42.0 Å². The number of anilines is 2. The number of rotatable bonds is 8. The van der Waals surface area contributed by atoms with Crippen molar-refractivity contribution in [2.45, 2.75) is 60.0 Å². The normalized spacial score (nSPS) is 12.9. The third kappa shape index (κ3) is 5.51. The summed E-state index contributed by atoms with van der Waals surface area (Å²) in [5.41, 5.74) is 5.27. The minimum atomic E-state index is -0.433. The van der Waals surface area contributed by atoms with E-state index in [4.69, 9.17) is 4.74 Å². The van der Waals surface area contributed by atoms with Crippen LogP contribution in [0, 0.1) is 6.92 Å². The van der Waals surface area contributed by atoms with Gasteiger partial charge >= 0.3 is 6.09 Å². The predicted octanol–water partition coefficient (Wildman–Crippen LogP) is 6.66. The van der Waals surface area contributed by atoms with Gasteiger partial charge in [0.1, 0.15) is 6.10 Å². The molecule has 2 aromatic rings. The molecule has 1 amide bonds. The molecular weight excluding hydrogens is 348 g/mol. The van der Waals surface area contributed by atoms with E-state index >= 15 is 0 Å². The molecule has 2 unspecified atom stereocenters. The third-order valence-corrected chi connectivity index (χ3v) is 5.45. The first kappa shape index (κ1) is 21.8. The number of hydrogen-bond acceptors (Lipinski definition) is 3. The van der Waals surface area contributed by atoms with Crippen LogP contribution in [0.2, 0.25) is 0 Å². The van der Waals surface area contributed by atoms with Crippen molar-refractivity contribution in [2.75, 3.05) is 23.3 Å². The second kappa shape index (κ2) is 10.2. The average molecular weight is 383 g/mol. The van der Waals surface area contributed by atoms with Gasteiger partial charge in [-0.05, 0) is 74.9 Å². The van der Waals surface area contributed by atoms with E-state index in [1.54, 1.807) is 0 Å². The SMILES string of the molecule is CCC(C)c1ccc(C(C)OC(=O)Nc2ccc(N(CC)CC)cc2C)cc1. The Kier molecular flexibility index (Phi) is 7.91. The largest absolute Gasteiger partial charge is 0.441 e. The summed E-state index contributed by atoms with van der Waals surface area (Å²) < 4.78 is 5.58. The molecule has 0 bridgehead atoms. The second-order valence-electron chi connectivity index (χ2n) is 7.32. The van der Waals surface area contributed by atoms with Crippen molar-refractivity contribution in [3.8, 4) is 0 Å². The molecular formula is C24H34N2O2. The van der Waals surface area contributed by atoms with Gasteiger partial charge in [-0.2, -0.15) is 0 Å². The Morgan fingerprint density at radius 3 is 2.14 bits per heavy atom. The summed E-state index contributed by atoms with van der Waals surface area (Å²) >= 11 is 0. The van der Waals surface area contributed by atoms with E-state index in [9.17, 15) is 4.79 Å². The number of benzene rings is 2. The van der Waals surface area contributed by atoms with Crippen LogP contribution in [-0.4, -0.2) is 19.2 Å². The molecule has 2 aromatic carbocycles. The van der Waals surface area contributed by atoms with Crippen LogP contribution in [-0.2, 0) is 4.74 Å². The van der Waals surface area contributed by atoms with Crippen LogP contribution in [0.25, 0.3) is 0 Å². The molecule has 0 aliphatic rings. The maximum absolute atomic E-state index is 12.4. The van der Waals surface area contributed by atoms with Crippen molar-refractivity contribution >= 4 is 17.5 Å². The fourth-order valence-electron chi connectivity index (χ4n) is 3.27. The van der Waals surface area contributed by atoms with Crippen molar-refractivity contribution in [1.29, 1.82) is 0 Å². The van der Waals surface area contributed by atoms with Crippen molar-refractivity contribution in [2.24, 2.45) is 0 Å². The molecule has 0 aliphatic carbocycles. The average Bonchev–Trinajstić information content (AvgIpc) is 2.70. The van der Waals surface area contributed by atoms with Gasteiger partial charge in [-0.1, -0.05) is 38.1 Å². The third-order valence-electron chi connectivity index (χ3n) is 5.45. The van der Waals surface area contributed by atoms with Crippen molar-refractivity contribution in [3.63, 3.8) is 0 Å². The van der Waals surface area contributed by atoms with Gasteiger partial charge in [0.05, 0.1) is 0 Å². The van der Waals surface area contributed by atoms with E-state index in [2.05, 4.69) is 56.1 Å². The molecule has 0 spiro atoms. The number of ether oxygens (including phenoxy) is 1. The Balaban J connectivity index is 1.99. The number of nitrogens with one attached hydrogen (secondary N) is 1. The van der Waals surface area contributed by atoms with E-state index in [-0.39, 0.29) is 6.10 Å². The lowest BCUT2D eigenvalue weighted by Gasteiger charge is -2.22. The smallest absolute Gasteiger partial charge is 0.412 e. The van der Waals surface area contributed by atoms with Gasteiger partial charge in [0.25, 0.3) is 0 Å². The Morgan fingerprint density at radius 1 is 1.00 bits per heavy atom. The monoisotopic (exact) mass is 382 g/mol. The van der Waals surface area contributed by atoms with Crippen LogP contribution in [0.4, 0.5) is 16.2 Å². The second-order valence-corrected chi connectivity index (χ2v) is 7.32. The van der Waals surface area contributed by atoms with Crippen molar-refractivity contribution in [3.05, 3.63) is 59.2 Å². The number of carbonyl (C=O) groups excluding carboxylic acids is 1. The van der Waals surface area contributed by atoms with Crippen LogP contribution in [0.15, 0.2) is 42.5 Å². The summed E-state index contributed by atoms with van der Waals surface area (Å²) in [7, 11) is 0. The summed E-state index contributed by atoms with van der Waals surface area (Å²) in [5.74, 6) is 0.538. The molecule has 152 valence electrons. The minimum Gasteiger partial charge on any atom is -0.441 e. The van der Waals surface area contributed by atoms with Gasteiger partial charge in [0, 0.05) is 24.5 Å². The number of amides is 1. The van der Waals surface area contributed by atoms with Gasteiger partial charge in [-0.15, -0.1) is 0 Å². The Bertz CT molecular complexity index is 767. The van der Waals surface area contributed by atoms with E-state index in [1.807, 2.05) is 38.1 Å². The van der Waals surface area contributed by atoms with Crippen molar-refractivity contribution < 1.29 is 9.53 Å². The maximum atomic E-state index is 12.4. The lowest BCUT2D eigenvalue weighted by molar-refractivity contribution is 0.121. The fourth-order valence-corrected chi connectivity index (χ4v) is 3.27. The van der Waals surface area contributed by atoms with Gasteiger partial charge in [0.15, 0.2) is 0 Å². The highest BCUT2D eigenvalue weighted by Crippen LogP contribution is 2.25. The molecule has 0 fully saturated rings. The zero-order valence-corrected chi connectivity index (χ0v) is 18.1. The summed E-state index contributed by atoms with van der Waals surface area (Å²) in [4.78, 5) is 14.6. The van der Waals surface area contributed by atoms with Crippen LogP contribution >= 0.6 is 0 Å². The van der Waals surface area contributed by atoms with Gasteiger partial charge < -0.3 is 9.64 Å². The predicted molar refractivity (Wildman–Crippen MR) is 118 cm³/mol. The molecule has 2 rings (SSSR count). The molecule has 4 nitrogen and oxygen atoms in total. The van der Waals surface area contributed by atoms with Gasteiger partial charge in [0.2, 0.25) is 0 Å². The molecule has 0 aromatic heterocycles. The quantitative estimate of drug-likeness (QED) is 0.555. The summed E-state index contributed by atoms with van der Waals surface area (Å²) in [6.07, 6.45) is 0.374. The minimum absolute atomic E-state index is 0.304. The number of carbonyl (C=O) groups is 1. The molecule has 0 aliphatic heterocycles. The molecule has 2 atom stereocenters. The number of hydrogen-bond donors (Lipinski definition) is 1. The first-order chi connectivity index (χ1) is 13.4. The highest BCUT2D eigenvalue weighted by molar-refractivity contribution is 5.86.